The van der Waals surface area contributed by atoms with Crippen molar-refractivity contribution in [1.82, 2.24) is 9.55 Å². The van der Waals surface area contributed by atoms with Gasteiger partial charge in [-0.15, -0.1) is 0 Å². The van der Waals surface area contributed by atoms with E-state index in [0.717, 1.165) is 31.6 Å². The zero-order valence-corrected chi connectivity index (χ0v) is 10.8. The minimum atomic E-state index is -0.0974. The lowest BCUT2D eigenvalue weighted by molar-refractivity contribution is -0.146. The molecule has 1 aliphatic heterocycles. The number of fused-ring (bicyclic) bond motifs is 1. The fourth-order valence-corrected chi connectivity index (χ4v) is 2.40. The highest BCUT2D eigenvalue weighted by atomic mass is 16.5. The Bertz CT molecular complexity index is 410. The van der Waals surface area contributed by atoms with E-state index in [1.165, 1.54) is 12.8 Å². The molecule has 2 rings (SSSR count). The van der Waals surface area contributed by atoms with Gasteiger partial charge in [0, 0.05) is 24.9 Å². The van der Waals surface area contributed by atoms with Crippen LogP contribution in [0.4, 0.5) is 0 Å². The summed E-state index contributed by atoms with van der Waals surface area (Å²) in [6, 6.07) is 0. The first-order chi connectivity index (χ1) is 8.11. The third-order valence-electron chi connectivity index (χ3n) is 3.30. The number of carbonyl (C=O) groups is 1. The number of rotatable bonds is 3. The van der Waals surface area contributed by atoms with E-state index in [2.05, 4.69) is 23.4 Å². The van der Waals surface area contributed by atoms with E-state index in [1.54, 1.807) is 0 Å². The first kappa shape index (κ1) is 12.1. The molecule has 0 saturated carbocycles. The first-order valence-electron chi connectivity index (χ1n) is 6.23. The lowest BCUT2D eigenvalue weighted by Gasteiger charge is -2.23. The van der Waals surface area contributed by atoms with Crippen LogP contribution < -0.4 is 0 Å². The van der Waals surface area contributed by atoms with Crippen molar-refractivity contribution >= 4 is 5.97 Å². The van der Waals surface area contributed by atoms with Crippen LogP contribution in [0.25, 0.3) is 0 Å². The van der Waals surface area contributed by atoms with E-state index in [-0.39, 0.29) is 11.9 Å². The van der Waals surface area contributed by atoms with Gasteiger partial charge in [-0.05, 0) is 18.8 Å². The molecule has 0 radical (unpaired) electrons. The molecule has 94 valence electrons. The van der Waals surface area contributed by atoms with E-state index < -0.39 is 0 Å². The summed E-state index contributed by atoms with van der Waals surface area (Å²) in [7, 11) is 1.46. The first-order valence-corrected chi connectivity index (χ1v) is 6.23. The SMILES string of the molecule is COC(=O)C1CCc2cnc(CC(C)C)n2C1. The largest absolute Gasteiger partial charge is 0.469 e. The zero-order valence-electron chi connectivity index (χ0n) is 10.8. The molecule has 0 amide bonds. The molecule has 0 aromatic carbocycles. The molecule has 17 heavy (non-hydrogen) atoms. The second-order valence-electron chi connectivity index (χ2n) is 5.13. The van der Waals surface area contributed by atoms with Gasteiger partial charge in [0.05, 0.1) is 13.0 Å². The summed E-state index contributed by atoms with van der Waals surface area (Å²) < 4.78 is 7.03. The lowest BCUT2D eigenvalue weighted by atomic mass is 9.98. The third-order valence-corrected chi connectivity index (χ3v) is 3.30. The number of methoxy groups -OCH3 is 1. The highest BCUT2D eigenvalue weighted by Gasteiger charge is 2.27. The van der Waals surface area contributed by atoms with Crippen LogP contribution in [0.1, 0.15) is 31.8 Å². The molecule has 2 heterocycles. The molecule has 0 saturated heterocycles. The van der Waals surface area contributed by atoms with E-state index in [1.807, 2.05) is 6.20 Å². The second kappa shape index (κ2) is 4.90. The monoisotopic (exact) mass is 236 g/mol. The van der Waals surface area contributed by atoms with Crippen molar-refractivity contribution in [2.24, 2.45) is 11.8 Å². The maximum Gasteiger partial charge on any atom is 0.310 e. The van der Waals surface area contributed by atoms with Crippen molar-refractivity contribution in [3.8, 4) is 0 Å². The molecular formula is C13H20N2O2. The summed E-state index contributed by atoms with van der Waals surface area (Å²) in [5.41, 5.74) is 1.25. The van der Waals surface area contributed by atoms with Crippen LogP contribution in [0.5, 0.6) is 0 Å². The van der Waals surface area contributed by atoms with Crippen LogP contribution in [0, 0.1) is 11.8 Å². The fourth-order valence-electron chi connectivity index (χ4n) is 2.40. The summed E-state index contributed by atoms with van der Waals surface area (Å²) in [6.45, 7) is 5.09. The Morgan fingerprint density at radius 2 is 2.41 bits per heavy atom. The summed E-state index contributed by atoms with van der Waals surface area (Å²) in [5.74, 6) is 1.58. The Morgan fingerprint density at radius 1 is 1.65 bits per heavy atom. The van der Waals surface area contributed by atoms with Crippen LogP contribution in [-0.2, 0) is 28.9 Å². The van der Waals surface area contributed by atoms with E-state index in [0.29, 0.717) is 5.92 Å². The molecule has 0 fully saturated rings. The number of imidazole rings is 1. The predicted octanol–water partition coefficient (Wildman–Crippen LogP) is 1.82. The molecule has 1 aliphatic rings. The maximum atomic E-state index is 11.6. The quantitative estimate of drug-likeness (QED) is 0.752. The lowest BCUT2D eigenvalue weighted by Crippen LogP contribution is -2.28. The van der Waals surface area contributed by atoms with Gasteiger partial charge in [0.25, 0.3) is 0 Å². The highest BCUT2D eigenvalue weighted by molar-refractivity contribution is 5.72. The minimum absolute atomic E-state index is 0.00684. The fraction of sp³-hybridized carbons (Fsp3) is 0.692. The Labute approximate surface area is 102 Å². The second-order valence-corrected chi connectivity index (χ2v) is 5.13. The molecule has 1 unspecified atom stereocenters. The summed E-state index contributed by atoms with van der Waals surface area (Å²) in [4.78, 5) is 16.0. The number of hydrogen-bond donors (Lipinski definition) is 0. The van der Waals surface area contributed by atoms with Crippen LogP contribution in [0.15, 0.2) is 6.20 Å². The van der Waals surface area contributed by atoms with Crippen LogP contribution in [0.2, 0.25) is 0 Å². The van der Waals surface area contributed by atoms with Crippen LogP contribution in [-0.4, -0.2) is 22.6 Å². The van der Waals surface area contributed by atoms with Crippen molar-refractivity contribution in [2.75, 3.05) is 7.11 Å². The Kier molecular flexibility index (Phi) is 3.50. The summed E-state index contributed by atoms with van der Waals surface area (Å²) in [5, 5.41) is 0. The Morgan fingerprint density at radius 3 is 3.06 bits per heavy atom. The number of nitrogens with zero attached hydrogens (tertiary/aromatic N) is 2. The zero-order chi connectivity index (χ0) is 12.4. The number of carbonyl (C=O) groups excluding carboxylic acids is 1. The smallest absolute Gasteiger partial charge is 0.310 e. The van der Waals surface area contributed by atoms with Gasteiger partial charge in [-0.2, -0.15) is 0 Å². The molecular weight excluding hydrogens is 216 g/mol. The van der Waals surface area contributed by atoms with Crippen molar-refractivity contribution in [1.29, 1.82) is 0 Å². The van der Waals surface area contributed by atoms with Gasteiger partial charge < -0.3 is 9.30 Å². The predicted molar refractivity (Wildman–Crippen MR) is 64.6 cm³/mol. The van der Waals surface area contributed by atoms with E-state index in [4.69, 9.17) is 4.74 Å². The standard InChI is InChI=1S/C13H20N2O2/c1-9(2)6-12-14-7-11-5-4-10(8-15(11)12)13(16)17-3/h7,9-10H,4-6,8H2,1-3H3. The van der Waals surface area contributed by atoms with Crippen molar-refractivity contribution in [2.45, 2.75) is 39.7 Å². The normalized spacial score (nSPS) is 19.2. The summed E-state index contributed by atoms with van der Waals surface area (Å²) in [6.07, 6.45) is 4.71. The molecule has 0 aliphatic carbocycles. The molecule has 0 bridgehead atoms. The number of aryl methyl sites for hydroxylation is 1. The van der Waals surface area contributed by atoms with E-state index in [9.17, 15) is 4.79 Å². The number of ether oxygens (including phenoxy) is 1. The van der Waals surface area contributed by atoms with Crippen molar-refractivity contribution < 1.29 is 9.53 Å². The summed E-state index contributed by atoms with van der Waals surface area (Å²) >= 11 is 0. The van der Waals surface area contributed by atoms with Crippen molar-refractivity contribution in [3.63, 3.8) is 0 Å². The van der Waals surface area contributed by atoms with Gasteiger partial charge in [-0.3, -0.25) is 4.79 Å². The van der Waals surface area contributed by atoms with E-state index >= 15 is 0 Å². The molecule has 1 atom stereocenters. The molecule has 4 nitrogen and oxygen atoms in total. The van der Waals surface area contributed by atoms with Crippen molar-refractivity contribution in [3.05, 3.63) is 17.7 Å². The topological polar surface area (TPSA) is 44.1 Å². The van der Waals surface area contributed by atoms with Crippen LogP contribution >= 0.6 is 0 Å². The highest BCUT2D eigenvalue weighted by Crippen LogP contribution is 2.23. The van der Waals surface area contributed by atoms with Gasteiger partial charge in [0.1, 0.15) is 5.82 Å². The van der Waals surface area contributed by atoms with Gasteiger partial charge in [0.15, 0.2) is 0 Å². The third kappa shape index (κ3) is 2.51. The Balaban J connectivity index is 2.17. The van der Waals surface area contributed by atoms with Gasteiger partial charge in [-0.1, -0.05) is 13.8 Å². The van der Waals surface area contributed by atoms with Gasteiger partial charge >= 0.3 is 5.97 Å². The van der Waals surface area contributed by atoms with Crippen LogP contribution in [0.3, 0.4) is 0 Å². The Hall–Kier alpha value is -1.32. The average Bonchev–Trinajstić information content (AvgIpc) is 2.70. The number of esters is 1. The number of hydrogen-bond acceptors (Lipinski definition) is 3. The molecule has 1 aromatic rings. The molecule has 0 N–H and O–H groups in total. The average molecular weight is 236 g/mol. The molecule has 1 aromatic heterocycles. The van der Waals surface area contributed by atoms with Gasteiger partial charge in [-0.25, -0.2) is 4.98 Å². The molecule has 0 spiro atoms. The van der Waals surface area contributed by atoms with Gasteiger partial charge in [0.2, 0.25) is 0 Å². The number of aromatic nitrogens is 2. The minimum Gasteiger partial charge on any atom is -0.469 e. The maximum absolute atomic E-state index is 11.6. The molecule has 4 heteroatoms.